The first-order valence-electron chi connectivity index (χ1n) is 11.8. The first-order chi connectivity index (χ1) is 15.5. The Morgan fingerprint density at radius 2 is 1.59 bits per heavy atom. The van der Waals surface area contributed by atoms with Crippen LogP contribution in [-0.4, -0.2) is 20.7 Å². The molecular formula is C26H38N2O3S. The van der Waals surface area contributed by atoms with Crippen molar-refractivity contribution in [1.82, 2.24) is 9.88 Å². The van der Waals surface area contributed by atoms with Gasteiger partial charge in [0.15, 0.2) is 5.88 Å². The summed E-state index contributed by atoms with van der Waals surface area (Å²) in [6.07, 6.45) is 11.5. The van der Waals surface area contributed by atoms with Gasteiger partial charge in [0, 0.05) is 18.2 Å². The van der Waals surface area contributed by atoms with Gasteiger partial charge in [-0.2, -0.15) is 0 Å². The van der Waals surface area contributed by atoms with Crippen LogP contribution in [-0.2, 0) is 13.0 Å². The van der Waals surface area contributed by atoms with Gasteiger partial charge in [-0.3, -0.25) is 9.36 Å². The van der Waals surface area contributed by atoms with Crippen LogP contribution in [0, 0.1) is 0 Å². The molecule has 0 spiro atoms. The lowest BCUT2D eigenvalue weighted by Gasteiger charge is -2.09. The summed E-state index contributed by atoms with van der Waals surface area (Å²) in [5.41, 5.74) is 1.79. The Kier molecular flexibility index (Phi) is 11.3. The van der Waals surface area contributed by atoms with Gasteiger partial charge in [-0.1, -0.05) is 89.3 Å². The maximum Gasteiger partial charge on any atom is 0.256 e. The maximum atomic E-state index is 12.5. The monoisotopic (exact) mass is 458 g/mol. The first-order valence-corrected chi connectivity index (χ1v) is 12.7. The van der Waals surface area contributed by atoms with Crippen LogP contribution < -0.4 is 5.32 Å². The van der Waals surface area contributed by atoms with E-state index in [1.54, 1.807) is 0 Å². The number of nitrogens with zero attached hydrogens (tertiary/aromatic N) is 1. The Bertz CT molecular complexity index is 859. The van der Waals surface area contributed by atoms with Gasteiger partial charge >= 0.3 is 0 Å². The van der Waals surface area contributed by atoms with Crippen molar-refractivity contribution in [3.05, 3.63) is 53.1 Å². The van der Waals surface area contributed by atoms with E-state index >= 15 is 0 Å². The van der Waals surface area contributed by atoms with Crippen LogP contribution in [0.3, 0.4) is 0 Å². The summed E-state index contributed by atoms with van der Waals surface area (Å²) in [5, 5.41) is 23.9. The number of thioether (sulfide) groups is 1. The van der Waals surface area contributed by atoms with E-state index in [2.05, 4.69) is 25.7 Å². The van der Waals surface area contributed by atoms with E-state index in [-0.39, 0.29) is 17.7 Å². The number of nitrogens with one attached hydrogen (secondary N) is 1. The number of aromatic hydroxyl groups is 2. The molecule has 2 aromatic rings. The standard InChI is InChI=1S/C26H38N2O3S/c1-4-6-8-9-10-11-12-18-28-24(29)19-23(26(28)31)32-20(3)27-25(30)22-16-14-21(15-17-22)13-7-5-2/h14-17,19,29,31H,3-13,18H2,1-2H3,(H,27,30). The largest absolute Gasteiger partial charge is 0.494 e. The Hall–Kier alpha value is -2.34. The van der Waals surface area contributed by atoms with Crippen LogP contribution in [0.25, 0.3) is 0 Å². The number of aryl methyl sites for hydroxylation is 1. The van der Waals surface area contributed by atoms with Gasteiger partial charge in [0.05, 0.1) is 9.92 Å². The van der Waals surface area contributed by atoms with Gasteiger partial charge in [0.25, 0.3) is 5.91 Å². The Morgan fingerprint density at radius 1 is 0.969 bits per heavy atom. The van der Waals surface area contributed by atoms with Gasteiger partial charge in [-0.05, 0) is 37.0 Å². The lowest BCUT2D eigenvalue weighted by molar-refractivity contribution is 0.0969. The predicted octanol–water partition coefficient (Wildman–Crippen LogP) is 6.99. The molecule has 5 nitrogen and oxygen atoms in total. The van der Waals surface area contributed by atoms with Crippen molar-refractivity contribution in [2.45, 2.75) is 89.5 Å². The topological polar surface area (TPSA) is 74.5 Å². The van der Waals surface area contributed by atoms with Crippen LogP contribution in [0.5, 0.6) is 11.8 Å². The predicted molar refractivity (Wildman–Crippen MR) is 133 cm³/mol. The Morgan fingerprint density at radius 3 is 2.25 bits per heavy atom. The number of carbonyl (C=O) groups is 1. The number of aromatic nitrogens is 1. The molecule has 2 rings (SSSR count). The Balaban J connectivity index is 1.83. The molecule has 0 radical (unpaired) electrons. The van der Waals surface area contributed by atoms with Crippen LogP contribution in [0.2, 0.25) is 0 Å². The summed E-state index contributed by atoms with van der Waals surface area (Å²) >= 11 is 1.14. The number of hydrogen-bond acceptors (Lipinski definition) is 4. The minimum Gasteiger partial charge on any atom is -0.494 e. The molecule has 1 heterocycles. The molecule has 1 aromatic carbocycles. The fraction of sp³-hybridized carbons (Fsp3) is 0.500. The highest BCUT2D eigenvalue weighted by Gasteiger charge is 2.16. The van der Waals surface area contributed by atoms with Crippen molar-refractivity contribution < 1.29 is 15.0 Å². The van der Waals surface area contributed by atoms with Crippen molar-refractivity contribution in [2.75, 3.05) is 0 Å². The smallest absolute Gasteiger partial charge is 0.256 e. The molecule has 1 amide bonds. The molecular weight excluding hydrogens is 420 g/mol. The number of rotatable bonds is 15. The third kappa shape index (κ3) is 8.30. The lowest BCUT2D eigenvalue weighted by atomic mass is 10.1. The molecule has 0 aliphatic rings. The summed E-state index contributed by atoms with van der Waals surface area (Å²) in [7, 11) is 0. The molecule has 0 atom stereocenters. The number of carbonyl (C=O) groups excluding carboxylic acids is 1. The summed E-state index contributed by atoms with van der Waals surface area (Å²) in [4.78, 5) is 13.0. The second-order valence-electron chi connectivity index (χ2n) is 8.24. The Labute approximate surface area is 196 Å². The zero-order valence-corrected chi connectivity index (χ0v) is 20.3. The van der Waals surface area contributed by atoms with Gasteiger partial charge in [0.2, 0.25) is 5.88 Å². The quantitative estimate of drug-likeness (QED) is 0.199. The molecule has 176 valence electrons. The number of amides is 1. The number of benzene rings is 1. The van der Waals surface area contributed by atoms with E-state index < -0.39 is 0 Å². The summed E-state index contributed by atoms with van der Waals surface area (Å²) < 4.78 is 1.51. The fourth-order valence-corrected chi connectivity index (χ4v) is 4.36. The van der Waals surface area contributed by atoms with Crippen molar-refractivity contribution in [3.63, 3.8) is 0 Å². The molecule has 0 fully saturated rings. The SMILES string of the molecule is C=C(NC(=O)c1ccc(CCCC)cc1)Sc1cc(O)n(CCCCCCCCC)c1O. The number of hydrogen-bond donors (Lipinski definition) is 3. The summed E-state index contributed by atoms with van der Waals surface area (Å²) in [6, 6.07) is 9.12. The van der Waals surface area contributed by atoms with E-state index in [9.17, 15) is 15.0 Å². The molecule has 0 unspecified atom stereocenters. The molecule has 0 saturated heterocycles. The second-order valence-corrected chi connectivity index (χ2v) is 9.38. The molecule has 3 N–H and O–H groups in total. The fourth-order valence-electron chi connectivity index (χ4n) is 3.58. The summed E-state index contributed by atoms with van der Waals surface area (Å²) in [6.45, 7) is 8.82. The maximum absolute atomic E-state index is 12.5. The van der Waals surface area contributed by atoms with Crippen molar-refractivity contribution in [1.29, 1.82) is 0 Å². The lowest BCUT2D eigenvalue weighted by Crippen LogP contribution is -2.20. The minimum absolute atomic E-state index is 0.00848. The first kappa shape index (κ1) is 25.9. The molecule has 32 heavy (non-hydrogen) atoms. The molecule has 0 aliphatic carbocycles. The van der Waals surface area contributed by atoms with Gasteiger partial charge in [-0.25, -0.2) is 0 Å². The van der Waals surface area contributed by atoms with E-state index in [1.807, 2.05) is 24.3 Å². The van der Waals surface area contributed by atoms with Crippen LogP contribution in [0.1, 0.15) is 87.6 Å². The normalized spacial score (nSPS) is 10.9. The molecule has 0 aliphatic heterocycles. The molecule has 6 heteroatoms. The summed E-state index contributed by atoms with van der Waals surface area (Å²) in [5.74, 6) is -0.206. The van der Waals surface area contributed by atoms with Gasteiger partial charge < -0.3 is 15.5 Å². The van der Waals surface area contributed by atoms with Crippen LogP contribution >= 0.6 is 11.8 Å². The van der Waals surface area contributed by atoms with E-state index in [1.165, 1.54) is 48.3 Å². The third-order valence-corrected chi connectivity index (χ3v) is 6.39. The van der Waals surface area contributed by atoms with Crippen molar-refractivity contribution in [3.8, 4) is 11.8 Å². The van der Waals surface area contributed by atoms with E-state index in [0.717, 1.165) is 43.9 Å². The zero-order chi connectivity index (χ0) is 23.3. The molecule has 0 saturated carbocycles. The highest BCUT2D eigenvalue weighted by molar-refractivity contribution is 8.03. The van der Waals surface area contributed by atoms with Crippen molar-refractivity contribution in [2.24, 2.45) is 0 Å². The average Bonchev–Trinajstić information content (AvgIpc) is 3.04. The van der Waals surface area contributed by atoms with E-state index in [4.69, 9.17) is 0 Å². The highest BCUT2D eigenvalue weighted by atomic mass is 32.2. The minimum atomic E-state index is -0.240. The molecule has 1 aromatic heterocycles. The van der Waals surface area contributed by atoms with Crippen molar-refractivity contribution >= 4 is 17.7 Å². The highest BCUT2D eigenvalue weighted by Crippen LogP contribution is 2.38. The van der Waals surface area contributed by atoms with Gasteiger partial charge in [-0.15, -0.1) is 0 Å². The zero-order valence-electron chi connectivity index (χ0n) is 19.5. The van der Waals surface area contributed by atoms with Gasteiger partial charge in [0.1, 0.15) is 0 Å². The van der Waals surface area contributed by atoms with Crippen LogP contribution in [0.15, 0.2) is 46.8 Å². The third-order valence-electron chi connectivity index (χ3n) is 5.52. The van der Waals surface area contributed by atoms with E-state index in [0.29, 0.717) is 22.0 Å². The second kappa shape index (κ2) is 13.9. The van der Waals surface area contributed by atoms with Crippen LogP contribution in [0.4, 0.5) is 0 Å². The average molecular weight is 459 g/mol. The molecule has 0 bridgehead atoms. The number of unbranched alkanes of at least 4 members (excludes halogenated alkanes) is 7.